The first-order valence-corrected chi connectivity index (χ1v) is 9.67. The zero-order chi connectivity index (χ0) is 19.8. The topological polar surface area (TPSA) is 22.0 Å². The number of hydrogen-bond donors (Lipinski definition) is 0. The van der Waals surface area contributed by atoms with Gasteiger partial charge in [-0.25, -0.2) is 0 Å². The summed E-state index contributed by atoms with van der Waals surface area (Å²) in [6.07, 6.45) is 1.25. The van der Waals surface area contributed by atoms with E-state index in [2.05, 4.69) is 18.4 Å². The van der Waals surface area contributed by atoms with Gasteiger partial charge in [0.25, 0.3) is 0 Å². The van der Waals surface area contributed by atoms with Crippen LogP contribution < -0.4 is 5.43 Å². The Hall–Kier alpha value is -2.09. The van der Waals surface area contributed by atoms with E-state index in [-0.39, 0.29) is 27.7 Å². The Morgan fingerprint density at radius 2 is 0.893 bits per heavy atom. The molecule has 1 heterocycles. The van der Waals surface area contributed by atoms with Crippen molar-refractivity contribution in [1.29, 1.82) is 0 Å². The summed E-state index contributed by atoms with van der Waals surface area (Å²) in [5, 5.41) is 1.56. The summed E-state index contributed by atoms with van der Waals surface area (Å²) in [6.45, 7) is 16.2. The molecular formula is C26H49NO. The van der Waals surface area contributed by atoms with Crippen molar-refractivity contribution in [2.75, 3.05) is 0 Å². The van der Waals surface area contributed by atoms with Gasteiger partial charge in [0.05, 0.1) is 11.0 Å². The second-order valence-electron chi connectivity index (χ2n) is 4.63. The molecule has 0 saturated heterocycles. The number of para-hydroxylation sites is 2. The largest absolute Gasteiger partial charge is 0.343 e. The lowest BCUT2D eigenvalue weighted by molar-refractivity contribution is 1.00. The number of aromatic nitrogens is 1. The number of aryl methyl sites for hydroxylation is 1. The van der Waals surface area contributed by atoms with Crippen LogP contribution in [0.1, 0.15) is 84.1 Å². The lowest BCUT2D eigenvalue weighted by Gasteiger charge is -2.09. The molecule has 0 atom stereocenters. The average Bonchev–Trinajstić information content (AvgIpc) is 2.71. The standard InChI is InChI=1S/C14H11NO.C3H8.3C2H6.3CH4/c1-15-12-8-4-2-6-10(12)14(16)11-7-3-5-9-13(11)15;1-3-2;3*1-2;;;/h2-9H,1H3;3H2,1-2H3;3*1-2H3;3*1H4. The van der Waals surface area contributed by atoms with E-state index in [0.717, 1.165) is 21.8 Å². The molecule has 1 aromatic heterocycles. The van der Waals surface area contributed by atoms with Gasteiger partial charge in [0.2, 0.25) is 0 Å². The highest BCUT2D eigenvalue weighted by atomic mass is 16.1. The summed E-state index contributed by atoms with van der Waals surface area (Å²) < 4.78 is 2.06. The van der Waals surface area contributed by atoms with Crippen molar-refractivity contribution in [3.8, 4) is 0 Å². The summed E-state index contributed by atoms with van der Waals surface area (Å²) in [4.78, 5) is 12.2. The van der Waals surface area contributed by atoms with Gasteiger partial charge in [0.1, 0.15) is 0 Å². The maximum atomic E-state index is 12.2. The van der Waals surface area contributed by atoms with Crippen molar-refractivity contribution in [2.45, 2.75) is 84.1 Å². The Bertz CT molecular complexity index is 697. The second kappa shape index (κ2) is 23.0. The Labute approximate surface area is 176 Å². The molecule has 0 saturated carbocycles. The first kappa shape index (κ1) is 36.8. The predicted octanol–water partition coefficient (Wildman–Crippen LogP) is 9.09. The molecule has 0 N–H and O–H groups in total. The normalized spacial score (nSPS) is 7.61. The fraction of sp³-hybridized carbons (Fsp3) is 0.500. The van der Waals surface area contributed by atoms with Gasteiger partial charge in [0, 0.05) is 17.8 Å². The third-order valence-electron chi connectivity index (χ3n) is 3.02. The Balaban J connectivity index is -0.000000130. The Morgan fingerprint density at radius 1 is 0.643 bits per heavy atom. The van der Waals surface area contributed by atoms with E-state index in [1.807, 2.05) is 97.1 Å². The number of pyridine rings is 1. The quantitative estimate of drug-likeness (QED) is 0.350. The molecule has 0 aliphatic heterocycles. The van der Waals surface area contributed by atoms with Crippen molar-refractivity contribution >= 4 is 21.8 Å². The highest BCUT2D eigenvalue weighted by molar-refractivity contribution is 5.93. The van der Waals surface area contributed by atoms with Crippen molar-refractivity contribution < 1.29 is 0 Å². The highest BCUT2D eigenvalue weighted by Crippen LogP contribution is 2.16. The summed E-state index contributed by atoms with van der Waals surface area (Å²) in [7, 11) is 1.99. The predicted molar refractivity (Wildman–Crippen MR) is 137 cm³/mol. The minimum atomic E-state index is 0. The van der Waals surface area contributed by atoms with Crippen LogP contribution >= 0.6 is 0 Å². The second-order valence-corrected chi connectivity index (χ2v) is 4.63. The van der Waals surface area contributed by atoms with Crippen LogP contribution in [-0.2, 0) is 7.05 Å². The van der Waals surface area contributed by atoms with Crippen LogP contribution in [0.5, 0.6) is 0 Å². The molecule has 0 radical (unpaired) electrons. The zero-order valence-electron chi connectivity index (χ0n) is 17.7. The van der Waals surface area contributed by atoms with Gasteiger partial charge in [-0.2, -0.15) is 0 Å². The lowest BCUT2D eigenvalue weighted by Crippen LogP contribution is -2.08. The first-order chi connectivity index (χ1) is 12.2. The smallest absolute Gasteiger partial charge is 0.197 e. The van der Waals surface area contributed by atoms with E-state index in [4.69, 9.17) is 0 Å². The molecule has 28 heavy (non-hydrogen) atoms. The monoisotopic (exact) mass is 391 g/mol. The van der Waals surface area contributed by atoms with Gasteiger partial charge >= 0.3 is 0 Å². The number of rotatable bonds is 0. The van der Waals surface area contributed by atoms with Gasteiger partial charge in [-0.1, -0.05) is 108 Å². The Kier molecular flexibility index (Phi) is 30.1. The molecule has 2 heteroatoms. The molecular weight excluding hydrogens is 342 g/mol. The first-order valence-electron chi connectivity index (χ1n) is 9.67. The van der Waals surface area contributed by atoms with Crippen LogP contribution in [0.4, 0.5) is 0 Å². The average molecular weight is 392 g/mol. The van der Waals surface area contributed by atoms with Crippen LogP contribution in [0.25, 0.3) is 21.8 Å². The molecule has 3 aromatic rings. The molecule has 0 spiro atoms. The van der Waals surface area contributed by atoms with Crippen LogP contribution in [0.3, 0.4) is 0 Å². The fourth-order valence-electron chi connectivity index (χ4n) is 2.19. The molecule has 2 aromatic carbocycles. The highest BCUT2D eigenvalue weighted by Gasteiger charge is 2.06. The summed E-state index contributed by atoms with van der Waals surface area (Å²) in [5.74, 6) is 0. The van der Waals surface area contributed by atoms with Crippen LogP contribution in [0.15, 0.2) is 53.3 Å². The maximum absolute atomic E-state index is 12.2. The van der Waals surface area contributed by atoms with E-state index in [9.17, 15) is 4.79 Å². The molecule has 0 fully saturated rings. The zero-order valence-corrected chi connectivity index (χ0v) is 17.7. The number of benzene rings is 2. The van der Waals surface area contributed by atoms with Gasteiger partial charge in [-0.05, 0) is 24.3 Å². The van der Waals surface area contributed by atoms with Crippen molar-refractivity contribution in [3.05, 3.63) is 58.8 Å². The number of hydrogen-bond acceptors (Lipinski definition) is 1. The third kappa shape index (κ3) is 9.73. The summed E-state index contributed by atoms with van der Waals surface area (Å²) >= 11 is 0. The minimum absolute atomic E-state index is 0. The van der Waals surface area contributed by atoms with Crippen molar-refractivity contribution in [2.24, 2.45) is 7.05 Å². The van der Waals surface area contributed by atoms with E-state index in [1.54, 1.807) is 0 Å². The van der Waals surface area contributed by atoms with E-state index < -0.39 is 0 Å². The molecule has 0 unspecified atom stereocenters. The molecule has 0 aliphatic rings. The summed E-state index contributed by atoms with van der Waals surface area (Å²) in [6, 6.07) is 15.4. The fourth-order valence-corrected chi connectivity index (χ4v) is 2.19. The SMILES string of the molecule is C.C.C.CC.CC.CC.CCC.Cn1c2ccccc2c(=O)c2ccccc21. The van der Waals surface area contributed by atoms with E-state index in [0.29, 0.717) is 0 Å². The molecule has 3 rings (SSSR count). The summed E-state index contributed by atoms with van der Waals surface area (Å²) in [5.41, 5.74) is 2.07. The molecule has 2 nitrogen and oxygen atoms in total. The van der Waals surface area contributed by atoms with E-state index in [1.165, 1.54) is 6.42 Å². The molecule has 0 amide bonds. The number of nitrogens with zero attached hydrogens (tertiary/aromatic N) is 1. The number of fused-ring (bicyclic) bond motifs is 2. The van der Waals surface area contributed by atoms with Crippen LogP contribution in [0, 0.1) is 0 Å². The van der Waals surface area contributed by atoms with Gasteiger partial charge in [-0.15, -0.1) is 0 Å². The maximum Gasteiger partial charge on any atom is 0.197 e. The van der Waals surface area contributed by atoms with Crippen molar-refractivity contribution in [3.63, 3.8) is 0 Å². The molecule has 0 aliphatic carbocycles. The lowest BCUT2D eigenvalue weighted by atomic mass is 10.1. The van der Waals surface area contributed by atoms with Crippen molar-refractivity contribution in [1.82, 2.24) is 4.57 Å². The molecule has 0 bridgehead atoms. The van der Waals surface area contributed by atoms with Gasteiger partial charge < -0.3 is 4.57 Å². The molecule has 164 valence electrons. The van der Waals surface area contributed by atoms with Gasteiger partial charge in [-0.3, -0.25) is 4.79 Å². The van der Waals surface area contributed by atoms with Crippen LogP contribution in [0.2, 0.25) is 0 Å². The van der Waals surface area contributed by atoms with Gasteiger partial charge in [0.15, 0.2) is 5.43 Å². The minimum Gasteiger partial charge on any atom is -0.343 e. The van der Waals surface area contributed by atoms with E-state index >= 15 is 0 Å². The Morgan fingerprint density at radius 3 is 1.18 bits per heavy atom. The van der Waals surface area contributed by atoms with Crippen LogP contribution in [-0.4, -0.2) is 4.57 Å². The third-order valence-corrected chi connectivity index (χ3v) is 3.02.